The van der Waals surface area contributed by atoms with E-state index in [2.05, 4.69) is 45.4 Å². The second-order valence-corrected chi connectivity index (χ2v) is 11.3. The van der Waals surface area contributed by atoms with Crippen molar-refractivity contribution in [3.05, 3.63) is 82.7 Å². The molecular weight excluding hydrogens is 558 g/mol. The quantitative estimate of drug-likeness (QED) is 0.390. The lowest BCUT2D eigenvalue weighted by Gasteiger charge is -2.60. The van der Waals surface area contributed by atoms with Crippen molar-refractivity contribution in [2.45, 2.75) is 43.1 Å². The van der Waals surface area contributed by atoms with Gasteiger partial charge >= 0.3 is 0 Å². The molecule has 228 valence electrons. The summed E-state index contributed by atoms with van der Waals surface area (Å²) in [5, 5.41) is 13.8. The Morgan fingerprint density at radius 2 is 1.57 bits per heavy atom. The van der Waals surface area contributed by atoms with Gasteiger partial charge in [-0.2, -0.15) is 5.26 Å². The van der Waals surface area contributed by atoms with Crippen LogP contribution in [0, 0.1) is 11.3 Å². The summed E-state index contributed by atoms with van der Waals surface area (Å²) in [4.78, 5) is 22.0. The van der Waals surface area contributed by atoms with E-state index in [0.29, 0.717) is 48.1 Å². The van der Waals surface area contributed by atoms with Crippen LogP contribution in [0.25, 0.3) is 6.08 Å². The summed E-state index contributed by atoms with van der Waals surface area (Å²) in [6.45, 7) is 0.310. The van der Waals surface area contributed by atoms with Crippen molar-refractivity contribution in [2.24, 2.45) is 0 Å². The first kappa shape index (κ1) is 29.5. The molecule has 1 fully saturated rings. The number of aromatic nitrogens is 1. The highest BCUT2D eigenvalue weighted by Crippen LogP contribution is 2.52. The van der Waals surface area contributed by atoms with E-state index in [1.807, 2.05) is 30.3 Å². The minimum Gasteiger partial charge on any atom is -0.493 e. The number of carbonyl (C=O) groups is 1. The maximum Gasteiger partial charge on any atom is 0.244 e. The highest BCUT2D eigenvalue weighted by molar-refractivity contribution is 5.91. The molecule has 0 spiro atoms. The zero-order valence-corrected chi connectivity index (χ0v) is 25.6. The van der Waals surface area contributed by atoms with Gasteiger partial charge in [0.25, 0.3) is 0 Å². The molecule has 3 aromatic rings. The van der Waals surface area contributed by atoms with E-state index in [1.165, 1.54) is 11.6 Å². The fourth-order valence-corrected chi connectivity index (χ4v) is 7.28. The third-order valence-corrected chi connectivity index (χ3v) is 9.28. The summed E-state index contributed by atoms with van der Waals surface area (Å²) in [7, 11) is 8.65. The summed E-state index contributed by atoms with van der Waals surface area (Å²) in [5.41, 5.74) is 5.15. The lowest BCUT2D eigenvalue weighted by molar-refractivity contribution is -0.117. The minimum atomic E-state index is -0.422. The monoisotopic (exact) mass is 595 g/mol. The zero-order valence-electron chi connectivity index (χ0n) is 25.6. The Bertz CT molecular complexity index is 1620. The smallest absolute Gasteiger partial charge is 0.244 e. The lowest BCUT2D eigenvalue weighted by atomic mass is 9.72. The first-order valence-corrected chi connectivity index (χ1v) is 14.7. The van der Waals surface area contributed by atoms with Crippen molar-refractivity contribution in [3.63, 3.8) is 0 Å². The third kappa shape index (κ3) is 5.02. The van der Waals surface area contributed by atoms with Gasteiger partial charge < -0.3 is 24.3 Å². The number of amides is 1. The number of fused-ring (bicyclic) bond motifs is 7. The van der Waals surface area contributed by atoms with Gasteiger partial charge in [-0.3, -0.25) is 19.6 Å². The van der Waals surface area contributed by atoms with E-state index in [9.17, 15) is 10.1 Å². The van der Waals surface area contributed by atoms with Crippen LogP contribution in [-0.2, 0) is 17.6 Å². The van der Waals surface area contributed by atoms with Crippen LogP contribution >= 0.6 is 0 Å². The van der Waals surface area contributed by atoms with Gasteiger partial charge in [0, 0.05) is 30.9 Å². The van der Waals surface area contributed by atoms with E-state index in [0.717, 1.165) is 16.7 Å². The molecule has 0 aliphatic carbocycles. The molecule has 1 N–H and O–H groups in total. The lowest BCUT2D eigenvalue weighted by Crippen LogP contribution is -2.68. The van der Waals surface area contributed by atoms with Gasteiger partial charge in [0.1, 0.15) is 6.04 Å². The van der Waals surface area contributed by atoms with Crippen molar-refractivity contribution >= 4 is 12.0 Å². The molecule has 10 heteroatoms. The summed E-state index contributed by atoms with van der Waals surface area (Å²) < 4.78 is 22.7. The van der Waals surface area contributed by atoms with E-state index in [4.69, 9.17) is 18.9 Å². The van der Waals surface area contributed by atoms with Gasteiger partial charge in [0.15, 0.2) is 23.0 Å². The van der Waals surface area contributed by atoms with Gasteiger partial charge in [0.05, 0.1) is 52.3 Å². The van der Waals surface area contributed by atoms with Gasteiger partial charge in [0.2, 0.25) is 5.91 Å². The Morgan fingerprint density at radius 3 is 2.18 bits per heavy atom. The highest BCUT2D eigenvalue weighted by atomic mass is 16.5. The van der Waals surface area contributed by atoms with Crippen LogP contribution in [0.15, 0.2) is 54.7 Å². The standard InChI is InChI=1S/C34H37N5O5/c1-38-25-12-21-15-30(42-3)32(44-5)17-24(21)34(38)26-13-20-14-29(41-2)31(43-4)16-23(20)28(39(26)27(25)18-35)19-37-33(40)10-9-22-8-6-7-11-36-22/h6-11,14-17,25-28,34H,12-13,19H2,1-5H3,(H,37,40)/b10-9+/t25-,26-,27-,28-,34+/m0/s1. The molecule has 3 aliphatic rings. The number of benzene rings is 2. The summed E-state index contributed by atoms with van der Waals surface area (Å²) >= 11 is 0. The van der Waals surface area contributed by atoms with E-state index in [1.54, 1.807) is 40.7 Å². The van der Waals surface area contributed by atoms with Gasteiger partial charge in [-0.1, -0.05) is 6.07 Å². The molecule has 1 aromatic heterocycles. The number of carbonyl (C=O) groups excluding carboxylic acids is 1. The Kier molecular flexibility index (Phi) is 8.17. The Hall–Kier alpha value is -4.59. The molecule has 5 atom stereocenters. The second kappa shape index (κ2) is 12.2. The van der Waals surface area contributed by atoms with Crippen LogP contribution < -0.4 is 24.3 Å². The van der Waals surface area contributed by atoms with E-state index >= 15 is 0 Å². The van der Waals surface area contributed by atoms with Crippen LogP contribution in [0.5, 0.6) is 23.0 Å². The predicted molar refractivity (Wildman–Crippen MR) is 165 cm³/mol. The van der Waals surface area contributed by atoms with E-state index < -0.39 is 6.04 Å². The maximum absolute atomic E-state index is 13.1. The number of rotatable bonds is 8. The van der Waals surface area contributed by atoms with Crippen LogP contribution in [0.2, 0.25) is 0 Å². The SMILES string of the molecule is COc1cc2c(cc1OC)[C@@H]1[C@@H]3Cc4cc(OC)c(OC)cc4[C@H](CNC(=O)/C=C/c4ccccn4)N3[C@@H](C#N)[C@H](C2)N1C. The third-order valence-electron chi connectivity index (χ3n) is 9.28. The van der Waals surface area contributed by atoms with Crippen molar-refractivity contribution in [1.29, 1.82) is 5.26 Å². The molecule has 0 radical (unpaired) electrons. The van der Waals surface area contributed by atoms with Crippen molar-refractivity contribution in [3.8, 4) is 29.1 Å². The average molecular weight is 596 g/mol. The number of pyridine rings is 1. The van der Waals surface area contributed by atoms with Crippen molar-refractivity contribution < 1.29 is 23.7 Å². The minimum absolute atomic E-state index is 0.0170. The number of methoxy groups -OCH3 is 4. The first-order valence-electron chi connectivity index (χ1n) is 14.7. The molecule has 0 saturated carbocycles. The van der Waals surface area contributed by atoms with Crippen LogP contribution in [0.1, 0.15) is 40.0 Å². The second-order valence-electron chi connectivity index (χ2n) is 11.3. The Morgan fingerprint density at radius 1 is 0.955 bits per heavy atom. The number of hydrogen-bond acceptors (Lipinski definition) is 9. The maximum atomic E-state index is 13.1. The topological polar surface area (TPSA) is 109 Å². The van der Waals surface area contributed by atoms with Crippen LogP contribution in [0.4, 0.5) is 0 Å². The summed E-state index contributed by atoms with van der Waals surface area (Å²) in [5.74, 6) is 2.39. The molecule has 2 bridgehead atoms. The fourth-order valence-electron chi connectivity index (χ4n) is 7.28. The molecule has 6 rings (SSSR count). The van der Waals surface area contributed by atoms with Gasteiger partial charge in [-0.15, -0.1) is 0 Å². The zero-order chi connectivity index (χ0) is 31.0. The van der Waals surface area contributed by atoms with Crippen molar-refractivity contribution in [2.75, 3.05) is 42.0 Å². The molecule has 3 aliphatic heterocycles. The number of hydrogen-bond donors (Lipinski definition) is 1. The highest BCUT2D eigenvalue weighted by Gasteiger charge is 2.54. The Labute approximate surface area is 257 Å². The molecule has 4 heterocycles. The normalized spacial score (nSPS) is 24.0. The summed E-state index contributed by atoms with van der Waals surface area (Å²) in [6.07, 6.45) is 6.25. The van der Waals surface area contributed by atoms with E-state index in [-0.39, 0.29) is 30.1 Å². The number of likely N-dealkylation sites (N-methyl/N-ethyl adjacent to an activating group) is 1. The molecule has 1 amide bonds. The number of nitrogens with zero attached hydrogens (tertiary/aromatic N) is 4. The molecule has 44 heavy (non-hydrogen) atoms. The largest absolute Gasteiger partial charge is 0.493 e. The van der Waals surface area contributed by atoms with Gasteiger partial charge in [-0.05, 0) is 84.6 Å². The number of nitrogens with one attached hydrogen (secondary N) is 1. The number of nitriles is 1. The molecule has 2 aromatic carbocycles. The molecule has 0 unspecified atom stereocenters. The molecule has 1 saturated heterocycles. The Balaban J connectivity index is 1.43. The predicted octanol–water partition coefficient (Wildman–Crippen LogP) is 3.72. The van der Waals surface area contributed by atoms with Crippen molar-refractivity contribution in [1.82, 2.24) is 20.1 Å². The summed E-state index contributed by atoms with van der Waals surface area (Å²) in [6, 6.07) is 15.5. The van der Waals surface area contributed by atoms with Crippen LogP contribution in [-0.4, -0.2) is 80.8 Å². The molecule has 10 nitrogen and oxygen atoms in total. The first-order chi connectivity index (χ1) is 21.4. The van der Waals surface area contributed by atoms with Crippen LogP contribution in [0.3, 0.4) is 0 Å². The average Bonchev–Trinajstić information content (AvgIpc) is 3.05. The number of ether oxygens (including phenoxy) is 4. The fraction of sp³-hybridized carbons (Fsp3) is 0.382. The molecular formula is C34H37N5O5. The van der Waals surface area contributed by atoms with Gasteiger partial charge in [-0.25, -0.2) is 0 Å². The number of piperazine rings is 1.